The van der Waals surface area contributed by atoms with Crippen molar-refractivity contribution in [3.8, 4) is 0 Å². The molecule has 96 valence electrons. The summed E-state index contributed by atoms with van der Waals surface area (Å²) in [7, 11) is 0. The minimum atomic E-state index is -0.402. The van der Waals surface area contributed by atoms with E-state index >= 15 is 0 Å². The number of aliphatic hydroxyl groups is 1. The third kappa shape index (κ3) is 4.91. The van der Waals surface area contributed by atoms with Crippen LogP contribution in [0.25, 0.3) is 0 Å². The van der Waals surface area contributed by atoms with Crippen molar-refractivity contribution >= 4 is 6.03 Å². The molecule has 1 aromatic heterocycles. The first-order chi connectivity index (χ1) is 7.99. The number of urea groups is 1. The van der Waals surface area contributed by atoms with E-state index in [1.165, 1.54) is 0 Å². The average molecular weight is 240 g/mol. The molecule has 5 nitrogen and oxygen atoms in total. The van der Waals surface area contributed by atoms with Gasteiger partial charge >= 0.3 is 6.03 Å². The van der Waals surface area contributed by atoms with Gasteiger partial charge in [-0.3, -0.25) is 0 Å². The van der Waals surface area contributed by atoms with Gasteiger partial charge in [-0.2, -0.15) is 0 Å². The fraction of sp³-hybridized carbons (Fsp3) is 0.583. The van der Waals surface area contributed by atoms with Crippen LogP contribution >= 0.6 is 0 Å². The van der Waals surface area contributed by atoms with Gasteiger partial charge in [0.2, 0.25) is 0 Å². The maximum absolute atomic E-state index is 11.5. The average Bonchev–Trinajstić information content (AvgIpc) is 2.64. The molecule has 5 heteroatoms. The van der Waals surface area contributed by atoms with E-state index in [9.17, 15) is 4.79 Å². The monoisotopic (exact) mass is 240 g/mol. The molecule has 0 aliphatic carbocycles. The molecule has 0 aliphatic rings. The molecule has 2 unspecified atom stereocenters. The second kappa shape index (κ2) is 6.30. The van der Waals surface area contributed by atoms with Gasteiger partial charge in [-0.1, -0.05) is 0 Å². The lowest BCUT2D eigenvalue weighted by molar-refractivity contribution is 0.183. The van der Waals surface area contributed by atoms with Gasteiger partial charge in [0.1, 0.15) is 11.5 Å². The third-order valence-electron chi connectivity index (χ3n) is 2.38. The van der Waals surface area contributed by atoms with E-state index in [1.54, 1.807) is 6.92 Å². The molecule has 1 heterocycles. The fourth-order valence-electron chi connectivity index (χ4n) is 1.40. The summed E-state index contributed by atoms with van der Waals surface area (Å²) in [6.45, 7) is 5.85. The summed E-state index contributed by atoms with van der Waals surface area (Å²) in [5, 5.41) is 14.5. The highest BCUT2D eigenvalue weighted by molar-refractivity contribution is 5.74. The van der Waals surface area contributed by atoms with Crippen LogP contribution in [0.1, 0.15) is 37.8 Å². The van der Waals surface area contributed by atoms with E-state index in [-0.39, 0.29) is 12.1 Å². The smallest absolute Gasteiger partial charge is 0.315 e. The number of hydrogen-bond acceptors (Lipinski definition) is 3. The fourth-order valence-corrected chi connectivity index (χ4v) is 1.40. The molecule has 1 rings (SSSR count). The van der Waals surface area contributed by atoms with Crippen LogP contribution in [0.2, 0.25) is 0 Å². The van der Waals surface area contributed by atoms with Crippen molar-refractivity contribution < 1.29 is 14.3 Å². The summed E-state index contributed by atoms with van der Waals surface area (Å²) < 4.78 is 5.41. The van der Waals surface area contributed by atoms with Gasteiger partial charge in [-0.15, -0.1) is 0 Å². The van der Waals surface area contributed by atoms with Crippen LogP contribution in [0.4, 0.5) is 4.79 Å². The standard InChI is InChI=1S/C12H20N2O3/c1-8(15)6-7-13-12(16)14-10(3)11-5-4-9(2)17-11/h4-5,8,10,15H,6-7H2,1-3H3,(H2,13,14,16). The van der Waals surface area contributed by atoms with Crippen molar-refractivity contribution in [1.82, 2.24) is 10.6 Å². The van der Waals surface area contributed by atoms with Crippen LogP contribution in [-0.2, 0) is 0 Å². The number of aryl methyl sites for hydroxylation is 1. The van der Waals surface area contributed by atoms with E-state index in [4.69, 9.17) is 9.52 Å². The zero-order valence-corrected chi connectivity index (χ0v) is 10.5. The highest BCUT2D eigenvalue weighted by Gasteiger charge is 2.12. The quantitative estimate of drug-likeness (QED) is 0.733. The van der Waals surface area contributed by atoms with Gasteiger partial charge in [0.15, 0.2) is 0 Å². The predicted octanol–water partition coefficient (Wildman–Crippen LogP) is 1.72. The van der Waals surface area contributed by atoms with Crippen LogP contribution < -0.4 is 10.6 Å². The SMILES string of the molecule is Cc1ccc(C(C)NC(=O)NCCC(C)O)o1. The van der Waals surface area contributed by atoms with Crippen LogP contribution in [0.5, 0.6) is 0 Å². The van der Waals surface area contributed by atoms with Crippen molar-refractivity contribution in [2.45, 2.75) is 39.3 Å². The van der Waals surface area contributed by atoms with Gasteiger partial charge in [-0.25, -0.2) is 4.79 Å². The Morgan fingerprint density at radius 2 is 2.18 bits per heavy atom. The molecule has 17 heavy (non-hydrogen) atoms. The zero-order valence-electron chi connectivity index (χ0n) is 10.5. The number of nitrogens with one attached hydrogen (secondary N) is 2. The Bertz CT molecular complexity index is 360. The van der Waals surface area contributed by atoms with Gasteiger partial charge in [0.25, 0.3) is 0 Å². The molecular weight excluding hydrogens is 220 g/mol. The van der Waals surface area contributed by atoms with Crippen LogP contribution in [-0.4, -0.2) is 23.8 Å². The van der Waals surface area contributed by atoms with Crippen LogP contribution in [0.15, 0.2) is 16.5 Å². The second-order valence-electron chi connectivity index (χ2n) is 4.21. The molecule has 3 N–H and O–H groups in total. The van der Waals surface area contributed by atoms with E-state index in [0.29, 0.717) is 13.0 Å². The van der Waals surface area contributed by atoms with Crippen LogP contribution in [0.3, 0.4) is 0 Å². The molecule has 0 aliphatic heterocycles. The van der Waals surface area contributed by atoms with Crippen molar-refractivity contribution in [3.05, 3.63) is 23.7 Å². The Labute approximate surface area is 101 Å². The van der Waals surface area contributed by atoms with E-state index in [1.807, 2.05) is 26.0 Å². The first kappa shape index (κ1) is 13.6. The minimum absolute atomic E-state index is 0.171. The molecule has 0 saturated carbocycles. The van der Waals surface area contributed by atoms with Gasteiger partial charge in [0, 0.05) is 6.54 Å². The zero-order chi connectivity index (χ0) is 12.8. The van der Waals surface area contributed by atoms with Gasteiger partial charge < -0.3 is 20.2 Å². The molecule has 2 atom stereocenters. The van der Waals surface area contributed by atoms with Crippen molar-refractivity contribution in [3.63, 3.8) is 0 Å². The molecule has 0 radical (unpaired) electrons. The highest BCUT2D eigenvalue weighted by atomic mass is 16.3. The Morgan fingerprint density at radius 3 is 2.71 bits per heavy atom. The lowest BCUT2D eigenvalue weighted by Crippen LogP contribution is -2.38. The molecule has 0 fully saturated rings. The number of carbonyl (C=O) groups excluding carboxylic acids is 1. The minimum Gasteiger partial charge on any atom is -0.464 e. The Morgan fingerprint density at radius 1 is 1.47 bits per heavy atom. The lowest BCUT2D eigenvalue weighted by atomic mass is 10.2. The number of aliphatic hydroxyl groups excluding tert-OH is 1. The number of furan rings is 1. The second-order valence-corrected chi connectivity index (χ2v) is 4.21. The largest absolute Gasteiger partial charge is 0.464 e. The molecular formula is C12H20N2O3. The summed E-state index contributed by atoms with van der Waals surface area (Å²) in [4.78, 5) is 11.5. The number of carbonyl (C=O) groups is 1. The summed E-state index contributed by atoms with van der Waals surface area (Å²) in [5.41, 5.74) is 0. The van der Waals surface area contributed by atoms with Gasteiger partial charge in [-0.05, 0) is 39.3 Å². The molecule has 2 amide bonds. The maximum Gasteiger partial charge on any atom is 0.315 e. The Hall–Kier alpha value is -1.49. The molecule has 0 aromatic carbocycles. The predicted molar refractivity (Wildman–Crippen MR) is 64.7 cm³/mol. The summed E-state index contributed by atoms with van der Waals surface area (Å²) >= 11 is 0. The number of rotatable bonds is 5. The number of hydrogen-bond donors (Lipinski definition) is 3. The van der Waals surface area contributed by atoms with E-state index < -0.39 is 6.10 Å². The lowest BCUT2D eigenvalue weighted by Gasteiger charge is -2.13. The first-order valence-corrected chi connectivity index (χ1v) is 5.78. The van der Waals surface area contributed by atoms with Gasteiger partial charge in [0.05, 0.1) is 12.1 Å². The normalized spacial score (nSPS) is 14.1. The highest BCUT2D eigenvalue weighted by Crippen LogP contribution is 2.14. The van der Waals surface area contributed by atoms with Crippen LogP contribution in [0, 0.1) is 6.92 Å². The first-order valence-electron chi connectivity index (χ1n) is 5.78. The maximum atomic E-state index is 11.5. The Kier molecular flexibility index (Phi) is 5.03. The Balaban J connectivity index is 2.31. The summed E-state index contributed by atoms with van der Waals surface area (Å²) in [6.07, 6.45) is 0.141. The van der Waals surface area contributed by atoms with Crippen molar-refractivity contribution in [2.24, 2.45) is 0 Å². The van der Waals surface area contributed by atoms with Crippen molar-refractivity contribution in [1.29, 1.82) is 0 Å². The number of amides is 2. The van der Waals surface area contributed by atoms with Crippen molar-refractivity contribution in [2.75, 3.05) is 6.54 Å². The summed E-state index contributed by atoms with van der Waals surface area (Å²) in [6, 6.07) is 3.28. The topological polar surface area (TPSA) is 74.5 Å². The molecule has 0 saturated heterocycles. The van der Waals surface area contributed by atoms with E-state index in [2.05, 4.69) is 10.6 Å². The molecule has 1 aromatic rings. The summed E-state index contributed by atoms with van der Waals surface area (Å²) in [5.74, 6) is 1.55. The van der Waals surface area contributed by atoms with E-state index in [0.717, 1.165) is 11.5 Å². The molecule has 0 bridgehead atoms. The third-order valence-corrected chi connectivity index (χ3v) is 2.38. The molecule has 0 spiro atoms.